The summed E-state index contributed by atoms with van der Waals surface area (Å²) in [7, 11) is 0. The molecule has 1 aromatic heterocycles. The fourth-order valence-corrected chi connectivity index (χ4v) is 5.35. The first-order valence-corrected chi connectivity index (χ1v) is 13.6. The van der Waals surface area contributed by atoms with E-state index in [0.717, 1.165) is 24.0 Å². The van der Waals surface area contributed by atoms with Crippen LogP contribution in [-0.4, -0.2) is 39.0 Å². The van der Waals surface area contributed by atoms with Crippen molar-refractivity contribution >= 4 is 17.6 Å². The van der Waals surface area contributed by atoms with Gasteiger partial charge in [-0.15, -0.1) is 0 Å². The molecule has 4 atom stereocenters. The Kier molecular flexibility index (Phi) is 8.13. The van der Waals surface area contributed by atoms with Crippen molar-refractivity contribution in [3.8, 4) is 0 Å². The molecular weight excluding hydrogens is 492 g/mol. The molecule has 0 spiro atoms. The Hall–Kier alpha value is -3.69. The van der Waals surface area contributed by atoms with Crippen molar-refractivity contribution in [3.63, 3.8) is 0 Å². The maximum Gasteiger partial charge on any atom is 0.257 e. The predicted molar refractivity (Wildman–Crippen MR) is 152 cm³/mol. The predicted octanol–water partition coefficient (Wildman–Crippen LogP) is 3.55. The van der Waals surface area contributed by atoms with E-state index in [1.54, 1.807) is 13.1 Å². The van der Waals surface area contributed by atoms with Crippen LogP contribution in [0.25, 0.3) is 0 Å². The monoisotopic (exact) mass is 532 g/mol. The first-order valence-electron chi connectivity index (χ1n) is 13.6. The van der Waals surface area contributed by atoms with Gasteiger partial charge in [0.2, 0.25) is 5.91 Å². The lowest BCUT2D eigenvalue weighted by Crippen LogP contribution is -2.61. The third-order valence-corrected chi connectivity index (χ3v) is 7.88. The number of anilines is 1. The van der Waals surface area contributed by atoms with Gasteiger partial charge in [0.1, 0.15) is 23.1 Å². The summed E-state index contributed by atoms with van der Waals surface area (Å²) >= 11 is 0. The number of aromatic nitrogens is 2. The van der Waals surface area contributed by atoms with E-state index in [2.05, 4.69) is 54.0 Å². The van der Waals surface area contributed by atoms with E-state index in [9.17, 15) is 14.7 Å². The van der Waals surface area contributed by atoms with E-state index in [1.165, 1.54) is 0 Å². The number of nitrogens with two attached hydrogens (primary N) is 1. The van der Waals surface area contributed by atoms with Crippen LogP contribution in [0, 0.1) is 0 Å². The highest BCUT2D eigenvalue weighted by Gasteiger charge is 2.43. The number of hydrogen-bond acceptors (Lipinski definition) is 6. The maximum absolute atomic E-state index is 14.0. The van der Waals surface area contributed by atoms with Crippen molar-refractivity contribution in [2.45, 2.75) is 83.3 Å². The van der Waals surface area contributed by atoms with Gasteiger partial charge in [0.05, 0.1) is 23.8 Å². The third-order valence-electron chi connectivity index (χ3n) is 7.88. The second kappa shape index (κ2) is 11.2. The standard InChI is InChI=1S/C30H40N6O3/c1-6-20-13-15-22(16-14-20)30(7-2,28(39)33-19(3)25(31)37)35-27(38)23-18-32-36-26(23)34-24(17-29(36,4)5)21-11-9-8-10-12-21/h8-16,18-19,24,28,33-34,39H,6-7,17H2,1-5H3,(H2,31,37)(H,35,38)/t19-,24+,28-,30?/m0/s1. The molecular formula is C30H40N6O3. The van der Waals surface area contributed by atoms with Gasteiger partial charge in [0.15, 0.2) is 0 Å². The minimum Gasteiger partial charge on any atom is -0.376 e. The molecule has 0 bridgehead atoms. The van der Waals surface area contributed by atoms with Gasteiger partial charge >= 0.3 is 0 Å². The van der Waals surface area contributed by atoms with Crippen LogP contribution in [0.15, 0.2) is 60.8 Å². The summed E-state index contributed by atoms with van der Waals surface area (Å²) in [5, 5.41) is 25.6. The molecule has 2 aromatic carbocycles. The molecule has 39 heavy (non-hydrogen) atoms. The van der Waals surface area contributed by atoms with E-state index in [0.29, 0.717) is 23.4 Å². The number of fused-ring (bicyclic) bond motifs is 1. The van der Waals surface area contributed by atoms with Gasteiger partial charge in [-0.05, 0) is 56.7 Å². The molecule has 208 valence electrons. The van der Waals surface area contributed by atoms with Crippen LogP contribution in [0.5, 0.6) is 0 Å². The lowest BCUT2D eigenvalue weighted by Gasteiger charge is -2.40. The molecule has 0 radical (unpaired) electrons. The third kappa shape index (κ3) is 5.55. The summed E-state index contributed by atoms with van der Waals surface area (Å²) < 4.78 is 1.86. The van der Waals surface area contributed by atoms with Crippen molar-refractivity contribution in [3.05, 3.63) is 83.0 Å². The normalized spacial score (nSPS) is 19.2. The van der Waals surface area contributed by atoms with Gasteiger partial charge < -0.3 is 21.5 Å². The van der Waals surface area contributed by atoms with Crippen molar-refractivity contribution in [1.82, 2.24) is 20.4 Å². The first-order chi connectivity index (χ1) is 18.5. The molecule has 0 fully saturated rings. The number of carbonyl (C=O) groups is 2. The second-order valence-electron chi connectivity index (χ2n) is 11.0. The highest BCUT2D eigenvalue weighted by atomic mass is 16.3. The molecule has 3 aromatic rings. The quantitative estimate of drug-likeness (QED) is 0.254. The molecule has 4 rings (SSSR count). The van der Waals surface area contributed by atoms with Gasteiger partial charge in [-0.25, -0.2) is 4.68 Å². The zero-order valence-electron chi connectivity index (χ0n) is 23.4. The highest BCUT2D eigenvalue weighted by molar-refractivity contribution is 5.99. The molecule has 1 unspecified atom stereocenters. The van der Waals surface area contributed by atoms with Crippen LogP contribution in [0.1, 0.15) is 80.6 Å². The van der Waals surface area contributed by atoms with Gasteiger partial charge in [0.25, 0.3) is 5.91 Å². The van der Waals surface area contributed by atoms with E-state index in [4.69, 9.17) is 5.73 Å². The molecule has 0 saturated heterocycles. The molecule has 9 heteroatoms. The second-order valence-corrected chi connectivity index (χ2v) is 11.0. The molecule has 0 saturated carbocycles. The number of benzene rings is 2. The smallest absolute Gasteiger partial charge is 0.257 e. The summed E-state index contributed by atoms with van der Waals surface area (Å²) in [6.07, 6.45) is 2.27. The van der Waals surface area contributed by atoms with Gasteiger partial charge in [0, 0.05) is 0 Å². The van der Waals surface area contributed by atoms with E-state index in [1.807, 2.05) is 54.1 Å². The van der Waals surface area contributed by atoms with Crippen LogP contribution >= 0.6 is 0 Å². The SMILES string of the molecule is CCc1ccc(C(CC)(NC(=O)c2cnn3c2N[C@@H](c2ccccc2)CC3(C)C)[C@H](O)N[C@@H](C)C(N)=O)cc1. The zero-order valence-corrected chi connectivity index (χ0v) is 23.4. The van der Waals surface area contributed by atoms with Gasteiger partial charge in [-0.2, -0.15) is 5.10 Å². The minimum atomic E-state index is -1.30. The number of primary amides is 1. The summed E-state index contributed by atoms with van der Waals surface area (Å²) in [5.74, 6) is -0.366. The number of aliphatic hydroxyl groups excluding tert-OH is 1. The van der Waals surface area contributed by atoms with Crippen molar-refractivity contribution < 1.29 is 14.7 Å². The van der Waals surface area contributed by atoms with Crippen molar-refractivity contribution in [1.29, 1.82) is 0 Å². The summed E-state index contributed by atoms with van der Waals surface area (Å²) in [5.41, 5.74) is 7.23. The van der Waals surface area contributed by atoms with Crippen LogP contribution < -0.4 is 21.7 Å². The van der Waals surface area contributed by atoms with E-state index in [-0.39, 0.29) is 17.5 Å². The Labute approximate surface area is 230 Å². The van der Waals surface area contributed by atoms with Crippen molar-refractivity contribution in [2.75, 3.05) is 5.32 Å². The number of aryl methyl sites for hydroxylation is 1. The topological polar surface area (TPSA) is 134 Å². The molecule has 1 aliphatic heterocycles. The van der Waals surface area contributed by atoms with Crippen LogP contribution in [0.2, 0.25) is 0 Å². The number of carbonyl (C=O) groups excluding carboxylic acids is 2. The molecule has 6 N–H and O–H groups in total. The fourth-order valence-electron chi connectivity index (χ4n) is 5.35. The lowest BCUT2D eigenvalue weighted by atomic mass is 9.83. The summed E-state index contributed by atoms with van der Waals surface area (Å²) in [6, 6.07) is 17.1. The molecule has 9 nitrogen and oxygen atoms in total. The van der Waals surface area contributed by atoms with E-state index < -0.39 is 23.7 Å². The van der Waals surface area contributed by atoms with Crippen LogP contribution in [-0.2, 0) is 22.3 Å². The lowest BCUT2D eigenvalue weighted by molar-refractivity contribution is -0.121. The van der Waals surface area contributed by atoms with Crippen LogP contribution in [0.4, 0.5) is 5.82 Å². The highest BCUT2D eigenvalue weighted by Crippen LogP contribution is 2.40. The number of nitrogens with one attached hydrogen (secondary N) is 3. The number of hydrogen-bond donors (Lipinski definition) is 5. The molecule has 0 aliphatic carbocycles. The van der Waals surface area contributed by atoms with Gasteiger partial charge in [-0.1, -0.05) is 68.4 Å². The average Bonchev–Trinajstić information content (AvgIpc) is 3.37. The number of rotatable bonds is 10. The number of aliphatic hydroxyl groups is 1. The molecule has 2 heterocycles. The maximum atomic E-state index is 14.0. The largest absolute Gasteiger partial charge is 0.376 e. The summed E-state index contributed by atoms with van der Waals surface area (Å²) in [6.45, 7) is 9.74. The van der Waals surface area contributed by atoms with Crippen molar-refractivity contribution in [2.24, 2.45) is 5.73 Å². The Morgan fingerprint density at radius 1 is 1.18 bits per heavy atom. The van der Waals surface area contributed by atoms with E-state index >= 15 is 0 Å². The Balaban J connectivity index is 1.72. The first kappa shape index (κ1) is 28.3. The number of amides is 2. The Morgan fingerprint density at radius 3 is 2.44 bits per heavy atom. The fraction of sp³-hybridized carbons (Fsp3) is 0.433. The molecule has 1 aliphatic rings. The average molecular weight is 533 g/mol. The summed E-state index contributed by atoms with van der Waals surface area (Å²) in [4.78, 5) is 25.8. The van der Waals surface area contributed by atoms with Gasteiger partial charge in [-0.3, -0.25) is 14.9 Å². The minimum absolute atomic E-state index is 0.00172. The zero-order chi connectivity index (χ0) is 28.4. The van der Waals surface area contributed by atoms with Crippen LogP contribution in [0.3, 0.4) is 0 Å². The number of nitrogens with zero attached hydrogens (tertiary/aromatic N) is 2. The Bertz CT molecular complexity index is 1300. The molecule has 2 amide bonds. The Morgan fingerprint density at radius 2 is 1.85 bits per heavy atom.